The highest BCUT2D eigenvalue weighted by molar-refractivity contribution is 4.93. The lowest BCUT2D eigenvalue weighted by atomic mass is 9.63. The molecular formula is C16H29N3. The molecule has 0 unspecified atom stereocenters. The van der Waals surface area contributed by atoms with Crippen LogP contribution < -0.4 is 5.32 Å². The number of nitrogens with one attached hydrogen (secondary N) is 1. The summed E-state index contributed by atoms with van der Waals surface area (Å²) in [6.07, 6.45) is 7.85. The summed E-state index contributed by atoms with van der Waals surface area (Å²) < 4.78 is 2.21. The Morgan fingerprint density at radius 1 is 1.26 bits per heavy atom. The normalized spacial score (nSPS) is 22.6. The summed E-state index contributed by atoms with van der Waals surface area (Å²) in [5.41, 5.74) is 0.925. The SMILES string of the molecule is Cc1nccn1CCNC1CC(C)(C)CC(C)(C)C1. The van der Waals surface area contributed by atoms with E-state index in [2.05, 4.69) is 55.7 Å². The van der Waals surface area contributed by atoms with E-state index >= 15 is 0 Å². The molecule has 1 aliphatic rings. The van der Waals surface area contributed by atoms with Crippen LogP contribution in [0.2, 0.25) is 0 Å². The van der Waals surface area contributed by atoms with Crippen LogP contribution >= 0.6 is 0 Å². The molecule has 1 heterocycles. The van der Waals surface area contributed by atoms with Crippen molar-refractivity contribution in [3.63, 3.8) is 0 Å². The van der Waals surface area contributed by atoms with Gasteiger partial charge in [-0.1, -0.05) is 27.7 Å². The van der Waals surface area contributed by atoms with Crippen LogP contribution in [0.4, 0.5) is 0 Å². The van der Waals surface area contributed by atoms with Crippen LogP contribution in [0.5, 0.6) is 0 Å². The Bertz CT molecular complexity index is 401. The van der Waals surface area contributed by atoms with E-state index in [-0.39, 0.29) is 0 Å². The first-order valence-electron chi connectivity index (χ1n) is 7.49. The lowest BCUT2D eigenvalue weighted by Gasteiger charge is -2.45. The lowest BCUT2D eigenvalue weighted by molar-refractivity contribution is 0.0849. The third kappa shape index (κ3) is 4.07. The van der Waals surface area contributed by atoms with Gasteiger partial charge in [-0.25, -0.2) is 4.98 Å². The number of aryl methyl sites for hydroxylation is 1. The minimum Gasteiger partial charge on any atom is -0.334 e. The van der Waals surface area contributed by atoms with Crippen molar-refractivity contribution in [3.8, 4) is 0 Å². The minimum atomic E-state index is 0.463. The molecular weight excluding hydrogens is 234 g/mol. The summed E-state index contributed by atoms with van der Waals surface area (Å²) in [4.78, 5) is 4.26. The van der Waals surface area contributed by atoms with Gasteiger partial charge < -0.3 is 9.88 Å². The Hall–Kier alpha value is -0.830. The fourth-order valence-corrected chi connectivity index (χ4v) is 4.02. The Morgan fingerprint density at radius 3 is 2.42 bits per heavy atom. The predicted octanol–water partition coefficient (Wildman–Crippen LogP) is 3.39. The van der Waals surface area contributed by atoms with Gasteiger partial charge in [0.2, 0.25) is 0 Å². The molecule has 0 bridgehead atoms. The summed E-state index contributed by atoms with van der Waals surface area (Å²) in [5, 5.41) is 3.75. The first-order valence-corrected chi connectivity index (χ1v) is 7.49. The molecule has 0 aromatic carbocycles. The highest BCUT2D eigenvalue weighted by atomic mass is 15.1. The smallest absolute Gasteiger partial charge is 0.105 e. The molecule has 1 aromatic heterocycles. The number of nitrogens with zero attached hydrogens (tertiary/aromatic N) is 2. The largest absolute Gasteiger partial charge is 0.334 e. The van der Waals surface area contributed by atoms with Gasteiger partial charge in [0.05, 0.1) is 0 Å². The third-order valence-corrected chi connectivity index (χ3v) is 4.26. The summed E-state index contributed by atoms with van der Waals surface area (Å²) in [6.45, 7) is 13.7. The highest BCUT2D eigenvalue weighted by Gasteiger charge is 2.37. The minimum absolute atomic E-state index is 0.463. The van der Waals surface area contributed by atoms with Crippen LogP contribution in [0.15, 0.2) is 12.4 Å². The van der Waals surface area contributed by atoms with E-state index in [1.807, 2.05) is 6.20 Å². The van der Waals surface area contributed by atoms with Crippen molar-refractivity contribution >= 4 is 0 Å². The molecule has 108 valence electrons. The Balaban J connectivity index is 1.84. The van der Waals surface area contributed by atoms with Crippen molar-refractivity contribution in [2.24, 2.45) is 10.8 Å². The number of hydrogen-bond donors (Lipinski definition) is 1. The molecule has 3 nitrogen and oxygen atoms in total. The lowest BCUT2D eigenvalue weighted by Crippen LogP contribution is -2.44. The van der Waals surface area contributed by atoms with Crippen molar-refractivity contribution in [2.75, 3.05) is 6.54 Å². The summed E-state index contributed by atoms with van der Waals surface area (Å²) in [7, 11) is 0. The van der Waals surface area contributed by atoms with E-state index in [1.54, 1.807) is 0 Å². The maximum Gasteiger partial charge on any atom is 0.105 e. The first kappa shape index (κ1) is 14.6. The van der Waals surface area contributed by atoms with Crippen LogP contribution in [-0.2, 0) is 6.54 Å². The monoisotopic (exact) mass is 263 g/mol. The standard InChI is InChI=1S/C16H29N3/c1-13-17-6-8-19(13)9-7-18-14-10-15(2,3)12-16(4,5)11-14/h6,8,14,18H,7,9-12H2,1-5H3. The Labute approximate surface area is 117 Å². The molecule has 1 N–H and O–H groups in total. The van der Waals surface area contributed by atoms with Crippen molar-refractivity contribution in [3.05, 3.63) is 18.2 Å². The van der Waals surface area contributed by atoms with E-state index in [9.17, 15) is 0 Å². The number of imidazole rings is 1. The van der Waals surface area contributed by atoms with Crippen LogP contribution in [0, 0.1) is 17.8 Å². The molecule has 0 atom stereocenters. The highest BCUT2D eigenvalue weighted by Crippen LogP contribution is 2.45. The van der Waals surface area contributed by atoms with Crippen molar-refractivity contribution in [2.45, 2.75) is 66.5 Å². The molecule has 1 aliphatic carbocycles. The van der Waals surface area contributed by atoms with Crippen LogP contribution in [-0.4, -0.2) is 22.1 Å². The zero-order chi connectivity index (χ0) is 14.1. The molecule has 1 fully saturated rings. The number of rotatable bonds is 4. The second kappa shape index (κ2) is 5.28. The van der Waals surface area contributed by atoms with Crippen LogP contribution in [0.1, 0.15) is 52.8 Å². The van der Waals surface area contributed by atoms with E-state index in [0.29, 0.717) is 16.9 Å². The maximum atomic E-state index is 4.26. The van der Waals surface area contributed by atoms with Gasteiger partial charge in [-0.05, 0) is 37.0 Å². The van der Waals surface area contributed by atoms with Crippen molar-refractivity contribution in [1.29, 1.82) is 0 Å². The fourth-order valence-electron chi connectivity index (χ4n) is 4.02. The second-order valence-corrected chi connectivity index (χ2v) is 7.73. The molecule has 3 heteroatoms. The van der Waals surface area contributed by atoms with Gasteiger partial charge in [0.1, 0.15) is 5.82 Å². The molecule has 0 radical (unpaired) electrons. The van der Waals surface area contributed by atoms with E-state index in [1.165, 1.54) is 19.3 Å². The van der Waals surface area contributed by atoms with Gasteiger partial charge in [0.15, 0.2) is 0 Å². The average Bonchev–Trinajstić information content (AvgIpc) is 2.59. The molecule has 0 aliphatic heterocycles. The van der Waals surface area contributed by atoms with Gasteiger partial charge in [-0.2, -0.15) is 0 Å². The molecule has 1 saturated carbocycles. The predicted molar refractivity (Wildman–Crippen MR) is 80.2 cm³/mol. The van der Waals surface area contributed by atoms with Crippen LogP contribution in [0.25, 0.3) is 0 Å². The summed E-state index contributed by atoms with van der Waals surface area (Å²) in [6, 6.07) is 0.655. The first-order chi connectivity index (χ1) is 8.77. The van der Waals surface area contributed by atoms with Crippen molar-refractivity contribution in [1.82, 2.24) is 14.9 Å². The van der Waals surface area contributed by atoms with E-state index in [0.717, 1.165) is 18.9 Å². The summed E-state index contributed by atoms with van der Waals surface area (Å²) in [5.74, 6) is 1.10. The molecule has 0 amide bonds. The third-order valence-electron chi connectivity index (χ3n) is 4.26. The van der Waals surface area contributed by atoms with Crippen molar-refractivity contribution < 1.29 is 0 Å². The van der Waals surface area contributed by atoms with Gasteiger partial charge in [0, 0.05) is 31.5 Å². The van der Waals surface area contributed by atoms with E-state index in [4.69, 9.17) is 0 Å². The van der Waals surface area contributed by atoms with Gasteiger partial charge in [-0.3, -0.25) is 0 Å². The molecule has 0 spiro atoms. The maximum absolute atomic E-state index is 4.26. The second-order valence-electron chi connectivity index (χ2n) is 7.73. The van der Waals surface area contributed by atoms with Gasteiger partial charge in [-0.15, -0.1) is 0 Å². The zero-order valence-electron chi connectivity index (χ0n) is 13.2. The van der Waals surface area contributed by atoms with Crippen LogP contribution in [0.3, 0.4) is 0 Å². The molecule has 2 rings (SSSR count). The molecule has 0 saturated heterocycles. The fraction of sp³-hybridized carbons (Fsp3) is 0.812. The quantitative estimate of drug-likeness (QED) is 0.902. The Morgan fingerprint density at radius 2 is 1.89 bits per heavy atom. The zero-order valence-corrected chi connectivity index (χ0v) is 13.2. The summed E-state index contributed by atoms with van der Waals surface area (Å²) >= 11 is 0. The Kier molecular flexibility index (Phi) is 4.05. The average molecular weight is 263 g/mol. The van der Waals surface area contributed by atoms with Gasteiger partial charge >= 0.3 is 0 Å². The molecule has 19 heavy (non-hydrogen) atoms. The molecule has 1 aromatic rings. The number of hydrogen-bond acceptors (Lipinski definition) is 2. The van der Waals surface area contributed by atoms with Gasteiger partial charge in [0.25, 0.3) is 0 Å². The number of aromatic nitrogens is 2. The van der Waals surface area contributed by atoms with E-state index < -0.39 is 0 Å². The topological polar surface area (TPSA) is 29.9 Å².